The Kier molecular flexibility index (Phi) is 3.00. The maximum Gasteiger partial charge on any atom is 0.315 e. The summed E-state index contributed by atoms with van der Waals surface area (Å²) in [6.45, 7) is 0.325. The lowest BCUT2D eigenvalue weighted by Gasteiger charge is -2.21. The summed E-state index contributed by atoms with van der Waals surface area (Å²) in [5, 5.41) is 1.88. The molecule has 82 valence electrons. The van der Waals surface area contributed by atoms with Gasteiger partial charge in [-0.3, -0.25) is 4.79 Å². The third kappa shape index (κ3) is 2.53. The van der Waals surface area contributed by atoms with E-state index in [1.807, 2.05) is 17.5 Å². The number of alkyl halides is 2. The van der Waals surface area contributed by atoms with Crippen LogP contribution in [0.5, 0.6) is 0 Å². The minimum atomic E-state index is -2.88. The van der Waals surface area contributed by atoms with Gasteiger partial charge in [0.15, 0.2) is 0 Å². The van der Waals surface area contributed by atoms with Crippen LogP contribution in [0.25, 0.3) is 0 Å². The van der Waals surface area contributed by atoms with Crippen LogP contribution >= 0.6 is 11.3 Å². The summed E-state index contributed by atoms with van der Waals surface area (Å²) in [5.74, 6) is -1.04. The molecule has 1 heterocycles. The van der Waals surface area contributed by atoms with Crippen LogP contribution in [0.2, 0.25) is 0 Å². The van der Waals surface area contributed by atoms with Crippen LogP contribution in [0.3, 0.4) is 0 Å². The Morgan fingerprint density at radius 2 is 2.33 bits per heavy atom. The van der Waals surface area contributed by atoms with Crippen LogP contribution in [0, 0.1) is 0 Å². The quantitative estimate of drug-likeness (QED) is 0.779. The molecule has 15 heavy (non-hydrogen) atoms. The molecular formula is C10H11F2NOS. The first-order valence-corrected chi connectivity index (χ1v) is 5.67. The third-order valence-corrected chi connectivity index (χ3v) is 3.22. The van der Waals surface area contributed by atoms with Gasteiger partial charge in [0, 0.05) is 10.9 Å². The molecule has 1 aliphatic rings. The van der Waals surface area contributed by atoms with Crippen molar-refractivity contribution in [2.45, 2.75) is 31.9 Å². The van der Waals surface area contributed by atoms with Gasteiger partial charge in [-0.1, -0.05) is 6.07 Å². The number of carbonyl (C=O) groups excluding carboxylic acids is 1. The molecule has 1 aromatic rings. The van der Waals surface area contributed by atoms with Crippen molar-refractivity contribution in [2.24, 2.45) is 0 Å². The Morgan fingerprint density at radius 1 is 1.60 bits per heavy atom. The van der Waals surface area contributed by atoms with Gasteiger partial charge in [0.05, 0.1) is 6.54 Å². The topological polar surface area (TPSA) is 20.3 Å². The predicted molar refractivity (Wildman–Crippen MR) is 53.9 cm³/mol. The monoisotopic (exact) mass is 231 g/mol. The van der Waals surface area contributed by atoms with Gasteiger partial charge in [0.2, 0.25) is 0 Å². The van der Waals surface area contributed by atoms with Crippen LogP contribution in [-0.2, 0) is 11.3 Å². The summed E-state index contributed by atoms with van der Waals surface area (Å²) >= 11 is 1.49. The smallest absolute Gasteiger partial charge is 0.315 e. The lowest BCUT2D eigenvalue weighted by atomic mass is 10.4. The van der Waals surface area contributed by atoms with Crippen molar-refractivity contribution in [3.8, 4) is 0 Å². The molecule has 2 nitrogen and oxygen atoms in total. The van der Waals surface area contributed by atoms with Gasteiger partial charge in [-0.2, -0.15) is 8.78 Å². The highest BCUT2D eigenvalue weighted by Gasteiger charge is 2.36. The highest BCUT2D eigenvalue weighted by molar-refractivity contribution is 7.09. The number of carbonyl (C=O) groups is 1. The molecule has 0 bridgehead atoms. The molecule has 0 unspecified atom stereocenters. The molecule has 1 fully saturated rings. The molecule has 0 saturated heterocycles. The standard InChI is InChI=1S/C10H11F2NOS/c11-9(12)10(14)13(7-3-4-7)6-8-2-1-5-15-8/h1-2,5,7,9H,3-4,6H2. The fourth-order valence-electron chi connectivity index (χ4n) is 1.47. The van der Waals surface area contributed by atoms with Crippen LogP contribution in [-0.4, -0.2) is 23.3 Å². The average Bonchev–Trinajstić information content (AvgIpc) is 2.92. The zero-order valence-electron chi connectivity index (χ0n) is 8.03. The fourth-order valence-corrected chi connectivity index (χ4v) is 2.17. The number of thiophene rings is 1. The van der Waals surface area contributed by atoms with Gasteiger partial charge >= 0.3 is 6.43 Å². The van der Waals surface area contributed by atoms with Crippen LogP contribution < -0.4 is 0 Å². The minimum Gasteiger partial charge on any atom is -0.330 e. The molecule has 2 rings (SSSR count). The first-order chi connectivity index (χ1) is 7.18. The highest BCUT2D eigenvalue weighted by Crippen LogP contribution is 2.30. The van der Waals surface area contributed by atoms with Gasteiger partial charge in [0.1, 0.15) is 0 Å². The minimum absolute atomic E-state index is 0.0357. The van der Waals surface area contributed by atoms with Crippen LogP contribution in [0.15, 0.2) is 17.5 Å². The van der Waals surface area contributed by atoms with E-state index < -0.39 is 12.3 Å². The SMILES string of the molecule is O=C(C(F)F)N(Cc1cccs1)C1CC1. The van der Waals surface area contributed by atoms with E-state index in [9.17, 15) is 13.6 Å². The lowest BCUT2D eigenvalue weighted by molar-refractivity contribution is -0.144. The predicted octanol–water partition coefficient (Wildman–Crippen LogP) is 2.50. The zero-order chi connectivity index (χ0) is 10.8. The highest BCUT2D eigenvalue weighted by atomic mass is 32.1. The Morgan fingerprint density at radius 3 is 2.80 bits per heavy atom. The summed E-state index contributed by atoms with van der Waals surface area (Å²) in [6.07, 6.45) is -1.18. The average molecular weight is 231 g/mol. The molecule has 1 saturated carbocycles. The summed E-state index contributed by atoms with van der Waals surface area (Å²) in [6, 6.07) is 3.75. The van der Waals surface area contributed by atoms with Crippen molar-refractivity contribution < 1.29 is 13.6 Å². The Hall–Kier alpha value is -0.970. The second-order valence-electron chi connectivity index (χ2n) is 3.58. The fraction of sp³-hybridized carbons (Fsp3) is 0.500. The number of halogens is 2. The summed E-state index contributed by atoms with van der Waals surface area (Å²) in [5.41, 5.74) is 0. The van der Waals surface area contributed by atoms with Crippen molar-refractivity contribution in [3.05, 3.63) is 22.4 Å². The molecule has 0 N–H and O–H groups in total. The van der Waals surface area contributed by atoms with E-state index in [0.717, 1.165) is 17.7 Å². The van der Waals surface area contributed by atoms with Crippen molar-refractivity contribution in [3.63, 3.8) is 0 Å². The maximum absolute atomic E-state index is 12.3. The molecule has 1 aromatic heterocycles. The normalized spacial score (nSPS) is 15.7. The third-order valence-electron chi connectivity index (χ3n) is 2.36. The molecule has 1 aliphatic carbocycles. The van der Waals surface area contributed by atoms with E-state index in [1.54, 1.807) is 0 Å². The van der Waals surface area contributed by atoms with E-state index >= 15 is 0 Å². The zero-order valence-corrected chi connectivity index (χ0v) is 8.84. The molecular weight excluding hydrogens is 220 g/mol. The number of amides is 1. The molecule has 0 radical (unpaired) electrons. The number of hydrogen-bond acceptors (Lipinski definition) is 2. The molecule has 0 aliphatic heterocycles. The first-order valence-electron chi connectivity index (χ1n) is 4.79. The van der Waals surface area contributed by atoms with Gasteiger partial charge < -0.3 is 4.90 Å². The largest absolute Gasteiger partial charge is 0.330 e. The van der Waals surface area contributed by atoms with Gasteiger partial charge in [-0.15, -0.1) is 11.3 Å². The maximum atomic E-state index is 12.3. The second-order valence-corrected chi connectivity index (χ2v) is 4.61. The Bertz CT molecular complexity index is 335. The van der Waals surface area contributed by atoms with Crippen LogP contribution in [0.1, 0.15) is 17.7 Å². The number of rotatable bonds is 4. The number of hydrogen-bond donors (Lipinski definition) is 0. The Balaban J connectivity index is 2.03. The first kappa shape index (κ1) is 10.5. The van der Waals surface area contributed by atoms with Crippen molar-refractivity contribution in [1.82, 2.24) is 4.90 Å². The van der Waals surface area contributed by atoms with E-state index in [4.69, 9.17) is 0 Å². The van der Waals surface area contributed by atoms with Gasteiger partial charge in [0.25, 0.3) is 5.91 Å². The molecule has 5 heteroatoms. The van der Waals surface area contributed by atoms with Gasteiger partial charge in [-0.25, -0.2) is 0 Å². The summed E-state index contributed by atoms with van der Waals surface area (Å²) in [7, 11) is 0. The molecule has 0 atom stereocenters. The lowest BCUT2D eigenvalue weighted by Crippen LogP contribution is -2.36. The van der Waals surface area contributed by atoms with Crippen molar-refractivity contribution >= 4 is 17.2 Å². The van der Waals surface area contributed by atoms with Crippen LogP contribution in [0.4, 0.5) is 8.78 Å². The van der Waals surface area contributed by atoms with E-state index in [2.05, 4.69) is 0 Å². The van der Waals surface area contributed by atoms with E-state index in [1.165, 1.54) is 16.2 Å². The molecule has 0 spiro atoms. The van der Waals surface area contributed by atoms with Crippen molar-refractivity contribution in [1.29, 1.82) is 0 Å². The summed E-state index contributed by atoms with van der Waals surface area (Å²) < 4.78 is 24.6. The second kappa shape index (κ2) is 4.26. The van der Waals surface area contributed by atoms with E-state index in [0.29, 0.717) is 6.54 Å². The number of nitrogens with zero attached hydrogens (tertiary/aromatic N) is 1. The molecule has 0 aromatic carbocycles. The summed E-state index contributed by atoms with van der Waals surface area (Å²) in [4.78, 5) is 13.5. The van der Waals surface area contributed by atoms with Gasteiger partial charge in [-0.05, 0) is 24.3 Å². The Labute approximate surface area is 90.5 Å². The van der Waals surface area contributed by atoms with E-state index in [-0.39, 0.29) is 6.04 Å². The molecule has 1 amide bonds. The van der Waals surface area contributed by atoms with Crippen molar-refractivity contribution in [2.75, 3.05) is 0 Å².